The van der Waals surface area contributed by atoms with Gasteiger partial charge in [0.15, 0.2) is 6.10 Å². The van der Waals surface area contributed by atoms with Crippen LogP contribution in [0.1, 0.15) is 17.3 Å². The van der Waals surface area contributed by atoms with Crippen molar-refractivity contribution in [1.82, 2.24) is 0 Å². The molecule has 1 amide bonds. The number of fused-ring (bicyclic) bond motifs is 3. The highest BCUT2D eigenvalue weighted by atomic mass is 32.2. The van der Waals surface area contributed by atoms with Crippen molar-refractivity contribution in [1.29, 1.82) is 0 Å². The van der Waals surface area contributed by atoms with E-state index in [0.29, 0.717) is 28.4 Å². The summed E-state index contributed by atoms with van der Waals surface area (Å²) in [6.45, 7) is 1.41. The monoisotopic (exact) mass is 574 g/mol. The maximum absolute atomic E-state index is 13.0. The van der Waals surface area contributed by atoms with Crippen LogP contribution < -0.4 is 19.5 Å². The first-order valence-electron chi connectivity index (χ1n) is 12.5. The van der Waals surface area contributed by atoms with Crippen LogP contribution in [0.5, 0.6) is 11.5 Å². The van der Waals surface area contributed by atoms with Gasteiger partial charge >= 0.3 is 5.97 Å². The summed E-state index contributed by atoms with van der Waals surface area (Å²) in [5.74, 6) is -0.755. The van der Waals surface area contributed by atoms with Gasteiger partial charge in [-0.3, -0.25) is 9.52 Å². The normalized spacial score (nSPS) is 12.1. The molecule has 5 aromatic rings. The minimum atomic E-state index is -4.06. The van der Waals surface area contributed by atoms with Crippen LogP contribution in [0.15, 0.2) is 94.2 Å². The Morgan fingerprint density at radius 1 is 0.780 bits per heavy atom. The zero-order chi connectivity index (χ0) is 29.1. The first-order chi connectivity index (χ1) is 19.7. The molecule has 0 saturated carbocycles. The van der Waals surface area contributed by atoms with Crippen LogP contribution >= 0.6 is 0 Å². The molecule has 0 saturated heterocycles. The topological polar surface area (TPSA) is 133 Å². The molecule has 0 spiro atoms. The lowest BCUT2D eigenvalue weighted by atomic mass is 10.1. The molecule has 0 aliphatic rings. The Morgan fingerprint density at radius 2 is 1.51 bits per heavy atom. The SMILES string of the molecule is COc1cc2c(cc1NC(=O)C(C)OC(=O)c1cccc(S(=O)(=O)Nc3ccccc3OC)c1)oc1ccccc12. The molecule has 41 heavy (non-hydrogen) atoms. The highest BCUT2D eigenvalue weighted by Crippen LogP contribution is 2.36. The summed E-state index contributed by atoms with van der Waals surface area (Å²) in [6, 6.07) is 22.8. The fourth-order valence-electron chi connectivity index (χ4n) is 4.26. The van der Waals surface area contributed by atoms with Crippen molar-refractivity contribution in [2.75, 3.05) is 24.3 Å². The third-order valence-corrected chi connectivity index (χ3v) is 7.70. The molecule has 1 aromatic heterocycles. The molecule has 1 unspecified atom stereocenters. The van der Waals surface area contributed by atoms with Gasteiger partial charge in [0.05, 0.1) is 36.1 Å². The third kappa shape index (κ3) is 5.66. The fourth-order valence-corrected chi connectivity index (χ4v) is 5.37. The van der Waals surface area contributed by atoms with Crippen molar-refractivity contribution in [3.63, 3.8) is 0 Å². The number of carbonyl (C=O) groups excluding carboxylic acids is 2. The number of methoxy groups -OCH3 is 2. The fraction of sp³-hybridized carbons (Fsp3) is 0.133. The first-order valence-corrected chi connectivity index (χ1v) is 14.0. The first kappa shape index (κ1) is 27.5. The number of sulfonamides is 1. The predicted molar refractivity (Wildman–Crippen MR) is 154 cm³/mol. The Hall–Kier alpha value is -5.03. The van der Waals surface area contributed by atoms with Crippen molar-refractivity contribution < 1.29 is 36.6 Å². The standard InChI is InChI=1S/C30H26N2O8S/c1-18(29(33)31-24-17-27-22(16-28(24)38-3)21-11-4-6-13-25(21)40-27)39-30(34)19-9-8-10-20(15-19)41(35,36)32-23-12-5-7-14-26(23)37-2/h4-18,32H,1-3H3,(H,31,33). The summed E-state index contributed by atoms with van der Waals surface area (Å²) < 4.78 is 50.3. The summed E-state index contributed by atoms with van der Waals surface area (Å²) in [5, 5.41) is 4.44. The van der Waals surface area contributed by atoms with Crippen molar-refractivity contribution in [3.05, 3.63) is 90.5 Å². The van der Waals surface area contributed by atoms with Gasteiger partial charge in [-0.2, -0.15) is 0 Å². The Bertz CT molecular complexity index is 1880. The number of carbonyl (C=O) groups is 2. The van der Waals surface area contributed by atoms with Gasteiger partial charge in [-0.1, -0.05) is 36.4 Å². The minimum absolute atomic E-state index is 0.0474. The molecule has 0 fully saturated rings. The Labute approximate surface area is 235 Å². The van der Waals surface area contributed by atoms with Crippen LogP contribution in [0.4, 0.5) is 11.4 Å². The van der Waals surface area contributed by atoms with Crippen molar-refractivity contribution >= 4 is 55.2 Å². The summed E-state index contributed by atoms with van der Waals surface area (Å²) in [7, 11) is -1.16. The van der Waals surface area contributed by atoms with Gasteiger partial charge < -0.3 is 23.9 Å². The van der Waals surface area contributed by atoms with E-state index in [0.717, 1.165) is 10.8 Å². The molecular formula is C30H26N2O8S. The minimum Gasteiger partial charge on any atom is -0.495 e. The predicted octanol–water partition coefficient (Wildman–Crippen LogP) is 5.59. The van der Waals surface area contributed by atoms with Gasteiger partial charge in [0.25, 0.3) is 15.9 Å². The second-order valence-corrected chi connectivity index (χ2v) is 10.7. The van der Waals surface area contributed by atoms with Gasteiger partial charge in [-0.25, -0.2) is 13.2 Å². The smallest absolute Gasteiger partial charge is 0.338 e. The summed E-state index contributed by atoms with van der Waals surface area (Å²) >= 11 is 0. The average Bonchev–Trinajstić information content (AvgIpc) is 3.34. The molecule has 5 rings (SSSR count). The zero-order valence-corrected chi connectivity index (χ0v) is 23.2. The molecule has 0 radical (unpaired) electrons. The van der Waals surface area contributed by atoms with Crippen LogP contribution in [0.3, 0.4) is 0 Å². The number of furan rings is 1. The molecule has 1 atom stereocenters. The zero-order valence-electron chi connectivity index (χ0n) is 22.3. The number of nitrogens with one attached hydrogen (secondary N) is 2. The maximum Gasteiger partial charge on any atom is 0.338 e. The number of anilines is 2. The van der Waals surface area contributed by atoms with E-state index in [1.807, 2.05) is 24.3 Å². The number of amides is 1. The highest BCUT2D eigenvalue weighted by molar-refractivity contribution is 7.92. The van der Waals surface area contributed by atoms with Gasteiger partial charge in [-0.05, 0) is 49.4 Å². The number of benzene rings is 4. The third-order valence-electron chi connectivity index (χ3n) is 6.34. The molecule has 0 aliphatic heterocycles. The molecule has 4 aromatic carbocycles. The van der Waals surface area contributed by atoms with Gasteiger partial charge in [0.2, 0.25) is 0 Å². The molecule has 1 heterocycles. The van der Waals surface area contributed by atoms with E-state index in [9.17, 15) is 18.0 Å². The van der Waals surface area contributed by atoms with Crippen molar-refractivity contribution in [3.8, 4) is 11.5 Å². The quantitative estimate of drug-likeness (QED) is 0.218. The Balaban J connectivity index is 1.30. The van der Waals surface area contributed by atoms with Crippen LogP contribution in [-0.2, 0) is 19.6 Å². The van der Waals surface area contributed by atoms with Gasteiger partial charge in [0, 0.05) is 16.8 Å². The van der Waals surface area contributed by atoms with Crippen LogP contribution in [0, 0.1) is 0 Å². The number of hydrogen-bond acceptors (Lipinski definition) is 8. The molecule has 11 heteroatoms. The van der Waals surface area contributed by atoms with Crippen LogP contribution in [0.2, 0.25) is 0 Å². The lowest BCUT2D eigenvalue weighted by molar-refractivity contribution is -0.123. The molecule has 210 valence electrons. The summed E-state index contributed by atoms with van der Waals surface area (Å²) in [6.07, 6.45) is -1.22. The molecule has 10 nitrogen and oxygen atoms in total. The molecule has 0 bridgehead atoms. The Kier molecular flexibility index (Phi) is 7.54. The summed E-state index contributed by atoms with van der Waals surface area (Å²) in [4.78, 5) is 25.7. The van der Waals surface area contributed by atoms with E-state index in [1.54, 1.807) is 36.4 Å². The number of ether oxygens (including phenoxy) is 3. The number of rotatable bonds is 9. The highest BCUT2D eigenvalue weighted by Gasteiger charge is 2.23. The van der Waals surface area contributed by atoms with E-state index in [2.05, 4.69) is 10.0 Å². The molecule has 2 N–H and O–H groups in total. The maximum atomic E-state index is 13.0. The lowest BCUT2D eigenvalue weighted by Gasteiger charge is -2.16. The van der Waals surface area contributed by atoms with Crippen LogP contribution in [-0.4, -0.2) is 40.6 Å². The number of esters is 1. The van der Waals surface area contributed by atoms with E-state index in [-0.39, 0.29) is 16.1 Å². The van der Waals surface area contributed by atoms with Crippen molar-refractivity contribution in [2.45, 2.75) is 17.9 Å². The van der Waals surface area contributed by atoms with E-state index >= 15 is 0 Å². The Morgan fingerprint density at radius 3 is 2.29 bits per heavy atom. The van der Waals surface area contributed by atoms with Crippen molar-refractivity contribution in [2.24, 2.45) is 0 Å². The average molecular weight is 575 g/mol. The van der Waals surface area contributed by atoms with Gasteiger partial charge in [0.1, 0.15) is 22.7 Å². The largest absolute Gasteiger partial charge is 0.495 e. The van der Waals surface area contributed by atoms with E-state index < -0.39 is 28.0 Å². The molecule has 0 aliphatic carbocycles. The number of para-hydroxylation sites is 3. The van der Waals surface area contributed by atoms with Crippen LogP contribution in [0.25, 0.3) is 21.9 Å². The second kappa shape index (κ2) is 11.2. The summed E-state index contributed by atoms with van der Waals surface area (Å²) in [5.41, 5.74) is 1.77. The lowest BCUT2D eigenvalue weighted by Crippen LogP contribution is -2.30. The van der Waals surface area contributed by atoms with Gasteiger partial charge in [-0.15, -0.1) is 0 Å². The number of hydrogen-bond donors (Lipinski definition) is 2. The molecular weight excluding hydrogens is 548 g/mol. The van der Waals surface area contributed by atoms with E-state index in [4.69, 9.17) is 18.6 Å². The van der Waals surface area contributed by atoms with E-state index in [1.165, 1.54) is 45.4 Å². The second-order valence-electron chi connectivity index (χ2n) is 9.02.